The van der Waals surface area contributed by atoms with Gasteiger partial charge in [-0.3, -0.25) is 14.5 Å². The molecule has 0 aromatic heterocycles. The molecule has 0 N–H and O–H groups in total. The van der Waals surface area contributed by atoms with Crippen molar-refractivity contribution in [1.82, 2.24) is 4.90 Å². The molecule has 1 saturated heterocycles. The van der Waals surface area contributed by atoms with Gasteiger partial charge in [0.15, 0.2) is 0 Å². The van der Waals surface area contributed by atoms with Crippen LogP contribution in [0.3, 0.4) is 0 Å². The number of halogens is 1. The summed E-state index contributed by atoms with van der Waals surface area (Å²) in [5.74, 6) is -0.404. The summed E-state index contributed by atoms with van der Waals surface area (Å²) in [7, 11) is -4.09. The Morgan fingerprint density at radius 3 is 2.36 bits per heavy atom. The van der Waals surface area contributed by atoms with Crippen LogP contribution in [0.15, 0.2) is 105 Å². The molecule has 180 valence electrons. The van der Waals surface area contributed by atoms with Gasteiger partial charge in [-0.1, -0.05) is 70.5 Å². The van der Waals surface area contributed by atoms with Crippen molar-refractivity contribution in [3.05, 3.63) is 112 Å². The third-order valence-electron chi connectivity index (χ3n) is 5.52. The van der Waals surface area contributed by atoms with Crippen molar-refractivity contribution in [3.63, 3.8) is 0 Å². The molecule has 6 nitrogen and oxygen atoms in total. The lowest BCUT2D eigenvalue weighted by Gasteiger charge is -2.13. The van der Waals surface area contributed by atoms with Crippen LogP contribution in [0, 0.1) is 0 Å². The average molecular weight is 580 g/mol. The number of fused-ring (bicyclic) bond motifs is 1. The van der Waals surface area contributed by atoms with Crippen LogP contribution in [0.2, 0.25) is 0 Å². The number of nitrogens with zero attached hydrogens (tertiary/aromatic N) is 1. The Kier molecular flexibility index (Phi) is 6.70. The molecular weight excluding hydrogens is 562 g/mol. The topological polar surface area (TPSA) is 80.8 Å². The summed E-state index contributed by atoms with van der Waals surface area (Å²) in [5.41, 5.74) is 1.18. The molecule has 4 aromatic rings. The third kappa shape index (κ3) is 5.09. The van der Waals surface area contributed by atoms with Gasteiger partial charge in [-0.2, -0.15) is 8.42 Å². The maximum atomic E-state index is 13.1. The number of thioether (sulfide) groups is 1. The van der Waals surface area contributed by atoms with Gasteiger partial charge in [0, 0.05) is 10.0 Å². The van der Waals surface area contributed by atoms with Crippen molar-refractivity contribution >= 4 is 65.8 Å². The van der Waals surface area contributed by atoms with E-state index < -0.39 is 21.3 Å². The SMILES string of the molecule is O=C1S/C(=C\c2cc(Br)ccc2OS(=O)(=O)c2ccccc2)C(=O)N1Cc1ccc2ccccc2c1. The van der Waals surface area contributed by atoms with Gasteiger partial charge >= 0.3 is 10.1 Å². The first kappa shape index (κ1) is 24.3. The van der Waals surface area contributed by atoms with Crippen LogP contribution < -0.4 is 4.18 Å². The summed E-state index contributed by atoms with van der Waals surface area (Å²) in [4.78, 5) is 27.2. The van der Waals surface area contributed by atoms with E-state index in [1.165, 1.54) is 29.2 Å². The largest absolute Gasteiger partial charge is 0.378 e. The Morgan fingerprint density at radius 2 is 1.58 bits per heavy atom. The second-order valence-electron chi connectivity index (χ2n) is 7.98. The molecule has 36 heavy (non-hydrogen) atoms. The maximum Gasteiger partial charge on any atom is 0.339 e. The fourth-order valence-corrected chi connectivity index (χ4v) is 5.94. The van der Waals surface area contributed by atoms with Crippen molar-refractivity contribution in [2.24, 2.45) is 0 Å². The monoisotopic (exact) mass is 579 g/mol. The lowest BCUT2D eigenvalue weighted by atomic mass is 10.1. The average Bonchev–Trinajstić information content (AvgIpc) is 3.13. The molecule has 0 bridgehead atoms. The van der Waals surface area contributed by atoms with Gasteiger partial charge in [0.1, 0.15) is 10.6 Å². The molecule has 0 saturated carbocycles. The Morgan fingerprint density at radius 1 is 0.861 bits per heavy atom. The van der Waals surface area contributed by atoms with E-state index in [4.69, 9.17) is 4.18 Å². The predicted molar refractivity (Wildman–Crippen MR) is 144 cm³/mol. The van der Waals surface area contributed by atoms with Gasteiger partial charge in [-0.15, -0.1) is 0 Å². The second-order valence-corrected chi connectivity index (χ2v) is 11.4. The van der Waals surface area contributed by atoms with Gasteiger partial charge in [0.2, 0.25) is 0 Å². The van der Waals surface area contributed by atoms with E-state index in [1.54, 1.807) is 30.3 Å². The number of amides is 2. The molecule has 1 aliphatic heterocycles. The first-order chi connectivity index (χ1) is 17.3. The van der Waals surface area contributed by atoms with Crippen LogP contribution in [0.5, 0.6) is 5.75 Å². The smallest absolute Gasteiger partial charge is 0.339 e. The van der Waals surface area contributed by atoms with Crippen LogP contribution in [-0.4, -0.2) is 24.5 Å². The number of carbonyl (C=O) groups excluding carboxylic acids is 2. The minimum absolute atomic E-state index is 0.00887. The Labute approximate surface area is 220 Å². The first-order valence-corrected chi connectivity index (χ1v) is 13.8. The van der Waals surface area contributed by atoms with E-state index >= 15 is 0 Å². The van der Waals surface area contributed by atoms with E-state index in [9.17, 15) is 18.0 Å². The molecule has 0 atom stereocenters. The number of rotatable bonds is 6. The van der Waals surface area contributed by atoms with Crippen molar-refractivity contribution in [3.8, 4) is 5.75 Å². The zero-order valence-corrected chi connectivity index (χ0v) is 21.8. The zero-order valence-electron chi connectivity index (χ0n) is 18.6. The molecule has 4 aromatic carbocycles. The fourth-order valence-electron chi connectivity index (χ4n) is 3.76. The summed E-state index contributed by atoms with van der Waals surface area (Å²) in [6.45, 7) is 0.136. The van der Waals surface area contributed by atoms with Gasteiger partial charge in [0.05, 0.1) is 11.4 Å². The van der Waals surface area contributed by atoms with E-state index in [0.717, 1.165) is 28.1 Å². The molecule has 9 heteroatoms. The zero-order chi connectivity index (χ0) is 25.3. The van der Waals surface area contributed by atoms with Crippen molar-refractivity contribution in [2.45, 2.75) is 11.4 Å². The summed E-state index contributed by atoms with van der Waals surface area (Å²) < 4.78 is 31.6. The maximum absolute atomic E-state index is 13.1. The highest BCUT2D eigenvalue weighted by atomic mass is 79.9. The molecule has 1 heterocycles. The second kappa shape index (κ2) is 9.93. The predicted octanol–water partition coefficient (Wildman–Crippen LogP) is 6.61. The molecule has 1 fully saturated rings. The van der Waals surface area contributed by atoms with Crippen molar-refractivity contribution < 1.29 is 22.2 Å². The van der Waals surface area contributed by atoms with Crippen LogP contribution >= 0.6 is 27.7 Å². The molecule has 0 unspecified atom stereocenters. The molecule has 0 radical (unpaired) electrons. The highest BCUT2D eigenvalue weighted by molar-refractivity contribution is 9.10. The van der Waals surface area contributed by atoms with E-state index in [-0.39, 0.29) is 22.1 Å². The molecule has 5 rings (SSSR count). The van der Waals surface area contributed by atoms with Crippen LogP contribution in [0.25, 0.3) is 16.8 Å². The Hall–Kier alpha value is -3.40. The quantitative estimate of drug-likeness (QED) is 0.189. The normalized spacial score (nSPS) is 15.1. The lowest BCUT2D eigenvalue weighted by Crippen LogP contribution is -2.27. The van der Waals surface area contributed by atoms with E-state index in [2.05, 4.69) is 15.9 Å². The van der Waals surface area contributed by atoms with Gasteiger partial charge in [-0.25, -0.2) is 0 Å². The standard InChI is InChI=1S/C27H18BrNO5S2/c28-22-12-13-24(34-36(32,33)23-8-2-1-3-9-23)21(15-22)16-25-26(30)29(27(31)35-25)17-18-10-11-19-6-4-5-7-20(19)14-18/h1-16H,17H2/b25-16-. The number of hydrogen-bond acceptors (Lipinski definition) is 6. The van der Waals surface area contributed by atoms with Crippen LogP contribution in [0.1, 0.15) is 11.1 Å². The Balaban J connectivity index is 1.42. The number of carbonyl (C=O) groups is 2. The number of imide groups is 1. The summed E-state index contributed by atoms with van der Waals surface area (Å²) >= 11 is 4.18. The summed E-state index contributed by atoms with van der Waals surface area (Å²) in [6, 6.07) is 26.2. The highest BCUT2D eigenvalue weighted by Gasteiger charge is 2.35. The van der Waals surface area contributed by atoms with Crippen molar-refractivity contribution in [2.75, 3.05) is 0 Å². The van der Waals surface area contributed by atoms with Gasteiger partial charge < -0.3 is 4.18 Å². The van der Waals surface area contributed by atoms with Gasteiger partial charge in [-0.05, 0) is 70.6 Å². The van der Waals surface area contributed by atoms with E-state index in [1.807, 2.05) is 42.5 Å². The molecule has 0 aliphatic carbocycles. The first-order valence-electron chi connectivity index (χ1n) is 10.8. The third-order valence-corrected chi connectivity index (χ3v) is 8.17. The molecule has 1 aliphatic rings. The Bertz CT molecular complexity index is 1630. The minimum atomic E-state index is -4.09. The van der Waals surface area contributed by atoms with Crippen LogP contribution in [-0.2, 0) is 21.5 Å². The minimum Gasteiger partial charge on any atom is -0.378 e. The number of benzene rings is 4. The van der Waals surface area contributed by atoms with Crippen molar-refractivity contribution in [1.29, 1.82) is 0 Å². The lowest BCUT2D eigenvalue weighted by molar-refractivity contribution is -0.123. The van der Waals surface area contributed by atoms with Crippen LogP contribution in [0.4, 0.5) is 4.79 Å². The number of hydrogen-bond donors (Lipinski definition) is 0. The fraction of sp³-hybridized carbons (Fsp3) is 0.0370. The highest BCUT2D eigenvalue weighted by Crippen LogP contribution is 2.36. The molecule has 2 amide bonds. The van der Waals surface area contributed by atoms with Gasteiger partial charge in [0.25, 0.3) is 11.1 Å². The molecule has 0 spiro atoms. The summed E-state index contributed by atoms with van der Waals surface area (Å²) in [6.07, 6.45) is 1.48. The van der Waals surface area contributed by atoms with E-state index in [0.29, 0.717) is 10.0 Å². The summed E-state index contributed by atoms with van der Waals surface area (Å²) in [5, 5.41) is 1.70. The molecular formula is C27H18BrNO5S2.